The zero-order valence-electron chi connectivity index (χ0n) is 10.3. The van der Waals surface area contributed by atoms with Crippen molar-refractivity contribution in [3.63, 3.8) is 0 Å². The van der Waals surface area contributed by atoms with Crippen LogP contribution in [-0.4, -0.2) is 17.4 Å². The van der Waals surface area contributed by atoms with Crippen molar-refractivity contribution in [2.24, 2.45) is 0 Å². The molecule has 0 radical (unpaired) electrons. The lowest BCUT2D eigenvalue weighted by Crippen LogP contribution is -2.20. The van der Waals surface area contributed by atoms with Gasteiger partial charge in [0.25, 0.3) is 5.69 Å². The van der Waals surface area contributed by atoms with E-state index in [9.17, 15) is 14.9 Å². The maximum absolute atomic E-state index is 10.6. The van der Waals surface area contributed by atoms with Gasteiger partial charge in [0.15, 0.2) is 0 Å². The third-order valence-corrected chi connectivity index (χ3v) is 2.28. The van der Waals surface area contributed by atoms with E-state index in [-0.39, 0.29) is 11.6 Å². The molecule has 0 atom stereocenters. The maximum atomic E-state index is 10.6. The van der Waals surface area contributed by atoms with E-state index >= 15 is 0 Å². The molecule has 94 valence electrons. The van der Waals surface area contributed by atoms with Gasteiger partial charge in [0.1, 0.15) is 0 Å². The SMILES string of the molecule is CC(=O)NCCC#Cc1cc([N+](=O)[O-])ccc1C. The van der Waals surface area contributed by atoms with Gasteiger partial charge in [0.05, 0.1) is 4.92 Å². The monoisotopic (exact) mass is 246 g/mol. The second-order valence-corrected chi connectivity index (χ2v) is 3.79. The van der Waals surface area contributed by atoms with Crippen molar-refractivity contribution in [2.75, 3.05) is 6.54 Å². The van der Waals surface area contributed by atoms with Crippen molar-refractivity contribution in [1.82, 2.24) is 5.32 Å². The summed E-state index contributed by atoms with van der Waals surface area (Å²) >= 11 is 0. The molecule has 1 aromatic carbocycles. The van der Waals surface area contributed by atoms with Crippen LogP contribution >= 0.6 is 0 Å². The predicted molar refractivity (Wildman–Crippen MR) is 68.0 cm³/mol. The first-order chi connectivity index (χ1) is 8.50. The number of carbonyl (C=O) groups excluding carboxylic acids is 1. The fourth-order valence-electron chi connectivity index (χ4n) is 1.32. The number of rotatable bonds is 3. The topological polar surface area (TPSA) is 72.2 Å². The van der Waals surface area contributed by atoms with Crippen molar-refractivity contribution in [1.29, 1.82) is 0 Å². The van der Waals surface area contributed by atoms with Crippen LogP contribution in [0.4, 0.5) is 5.69 Å². The highest BCUT2D eigenvalue weighted by Crippen LogP contribution is 2.16. The highest BCUT2D eigenvalue weighted by Gasteiger charge is 2.06. The van der Waals surface area contributed by atoms with Crippen molar-refractivity contribution in [3.05, 3.63) is 39.4 Å². The van der Waals surface area contributed by atoms with Crippen LogP contribution in [0, 0.1) is 28.9 Å². The fourth-order valence-corrected chi connectivity index (χ4v) is 1.32. The molecule has 0 saturated carbocycles. The first-order valence-electron chi connectivity index (χ1n) is 5.49. The van der Waals surface area contributed by atoms with Crippen LogP contribution in [0.15, 0.2) is 18.2 Å². The lowest BCUT2D eigenvalue weighted by molar-refractivity contribution is -0.384. The molecule has 18 heavy (non-hydrogen) atoms. The molecule has 0 unspecified atom stereocenters. The van der Waals surface area contributed by atoms with Gasteiger partial charge in [-0.1, -0.05) is 17.9 Å². The standard InChI is InChI=1S/C13H14N2O3/c1-10-6-7-13(15(17)18)9-12(10)5-3-4-8-14-11(2)16/h6-7,9H,4,8H2,1-2H3,(H,14,16). The van der Waals surface area contributed by atoms with Gasteiger partial charge in [-0.15, -0.1) is 0 Å². The molecule has 0 aliphatic rings. The van der Waals surface area contributed by atoms with Gasteiger partial charge in [-0.3, -0.25) is 14.9 Å². The molecule has 1 aromatic rings. The number of nitrogens with one attached hydrogen (secondary N) is 1. The summed E-state index contributed by atoms with van der Waals surface area (Å²) in [5.41, 5.74) is 1.58. The maximum Gasteiger partial charge on any atom is 0.270 e. The minimum Gasteiger partial charge on any atom is -0.355 e. The highest BCUT2D eigenvalue weighted by molar-refractivity contribution is 5.72. The molecule has 0 aliphatic heterocycles. The van der Waals surface area contributed by atoms with Crippen LogP contribution in [0.3, 0.4) is 0 Å². The summed E-state index contributed by atoms with van der Waals surface area (Å²) in [6.45, 7) is 3.77. The Bertz CT molecular complexity index is 527. The summed E-state index contributed by atoms with van der Waals surface area (Å²) in [6.07, 6.45) is 0.516. The van der Waals surface area contributed by atoms with E-state index in [1.54, 1.807) is 6.07 Å². The Morgan fingerprint density at radius 3 is 2.83 bits per heavy atom. The molecule has 5 heteroatoms. The molecule has 1 rings (SSSR count). The van der Waals surface area contributed by atoms with Gasteiger partial charge >= 0.3 is 0 Å². The largest absolute Gasteiger partial charge is 0.355 e. The zero-order valence-corrected chi connectivity index (χ0v) is 10.3. The number of amides is 1. The smallest absolute Gasteiger partial charge is 0.270 e. The predicted octanol–water partition coefficient (Wildman–Crippen LogP) is 1.78. The Morgan fingerprint density at radius 1 is 1.50 bits per heavy atom. The Balaban J connectivity index is 2.71. The van der Waals surface area contributed by atoms with Crippen molar-refractivity contribution in [2.45, 2.75) is 20.3 Å². The molecular weight excluding hydrogens is 232 g/mol. The number of nitro groups is 1. The quantitative estimate of drug-likeness (QED) is 0.382. The fraction of sp³-hybridized carbons (Fsp3) is 0.308. The third-order valence-electron chi connectivity index (χ3n) is 2.28. The molecular formula is C13H14N2O3. The number of nitrogens with zero attached hydrogens (tertiary/aromatic N) is 1. The summed E-state index contributed by atoms with van der Waals surface area (Å²) in [5, 5.41) is 13.3. The van der Waals surface area contributed by atoms with Gasteiger partial charge in [-0.25, -0.2) is 0 Å². The number of hydrogen-bond donors (Lipinski definition) is 1. The molecule has 0 bridgehead atoms. The van der Waals surface area contributed by atoms with Crippen molar-refractivity contribution in [3.8, 4) is 11.8 Å². The van der Waals surface area contributed by atoms with E-state index in [4.69, 9.17) is 0 Å². The van der Waals surface area contributed by atoms with E-state index in [0.717, 1.165) is 5.56 Å². The first-order valence-corrected chi connectivity index (χ1v) is 5.49. The number of nitro benzene ring substituents is 1. The van der Waals surface area contributed by atoms with Crippen LogP contribution in [0.1, 0.15) is 24.5 Å². The second kappa shape index (κ2) is 6.40. The molecule has 5 nitrogen and oxygen atoms in total. The van der Waals surface area contributed by atoms with E-state index < -0.39 is 4.92 Å². The second-order valence-electron chi connectivity index (χ2n) is 3.79. The molecule has 0 aliphatic carbocycles. The Morgan fingerprint density at radius 2 is 2.22 bits per heavy atom. The van der Waals surface area contributed by atoms with Gasteiger partial charge in [0.2, 0.25) is 5.91 Å². The van der Waals surface area contributed by atoms with Crippen molar-refractivity contribution < 1.29 is 9.72 Å². The number of carbonyl (C=O) groups is 1. The Labute approximate surface area is 105 Å². The molecule has 1 N–H and O–H groups in total. The van der Waals surface area contributed by atoms with Crippen LogP contribution in [0.5, 0.6) is 0 Å². The number of hydrogen-bond acceptors (Lipinski definition) is 3. The molecule has 1 amide bonds. The van der Waals surface area contributed by atoms with E-state index in [1.807, 2.05) is 6.92 Å². The first kappa shape index (κ1) is 13.7. The van der Waals surface area contributed by atoms with Gasteiger partial charge in [-0.05, 0) is 12.5 Å². The van der Waals surface area contributed by atoms with E-state index in [1.165, 1.54) is 19.1 Å². The third kappa shape index (κ3) is 4.26. The van der Waals surface area contributed by atoms with Crippen LogP contribution in [0.25, 0.3) is 0 Å². The minimum atomic E-state index is -0.443. The summed E-state index contributed by atoms with van der Waals surface area (Å²) in [4.78, 5) is 20.8. The normalized spacial score (nSPS) is 9.22. The van der Waals surface area contributed by atoms with Crippen molar-refractivity contribution >= 4 is 11.6 Å². The lowest BCUT2D eigenvalue weighted by Gasteiger charge is -1.98. The summed E-state index contributed by atoms with van der Waals surface area (Å²) in [7, 11) is 0. The molecule has 0 fully saturated rings. The van der Waals surface area contributed by atoms with Crippen LogP contribution in [-0.2, 0) is 4.79 Å². The minimum absolute atomic E-state index is 0.0340. The molecule has 0 spiro atoms. The van der Waals surface area contributed by atoms with Crippen LogP contribution in [0.2, 0.25) is 0 Å². The Hall–Kier alpha value is -2.35. The average molecular weight is 246 g/mol. The summed E-state index contributed by atoms with van der Waals surface area (Å²) in [5.74, 6) is 5.66. The molecule has 0 saturated heterocycles. The van der Waals surface area contributed by atoms with E-state index in [0.29, 0.717) is 18.5 Å². The molecule has 0 aromatic heterocycles. The van der Waals surface area contributed by atoms with Gasteiger partial charge in [0, 0.05) is 37.6 Å². The number of benzene rings is 1. The van der Waals surface area contributed by atoms with E-state index in [2.05, 4.69) is 17.2 Å². The highest BCUT2D eigenvalue weighted by atomic mass is 16.6. The molecule has 0 heterocycles. The number of non-ortho nitro benzene ring substituents is 1. The number of aryl methyl sites for hydroxylation is 1. The summed E-state index contributed by atoms with van der Waals surface area (Å²) in [6, 6.07) is 4.59. The Kier molecular flexibility index (Phi) is 4.88. The zero-order chi connectivity index (χ0) is 13.5. The van der Waals surface area contributed by atoms with Gasteiger partial charge in [-0.2, -0.15) is 0 Å². The summed E-state index contributed by atoms with van der Waals surface area (Å²) < 4.78 is 0. The van der Waals surface area contributed by atoms with Crippen LogP contribution < -0.4 is 5.32 Å². The lowest BCUT2D eigenvalue weighted by atomic mass is 10.1. The van der Waals surface area contributed by atoms with Gasteiger partial charge < -0.3 is 5.32 Å². The average Bonchev–Trinajstić information content (AvgIpc) is 2.30.